The number of nitrogens with zero attached hydrogens (tertiary/aromatic N) is 3. The lowest BCUT2D eigenvalue weighted by Gasteiger charge is -2.32. The van der Waals surface area contributed by atoms with Crippen molar-refractivity contribution >= 4 is 17.5 Å². The fourth-order valence-corrected chi connectivity index (χ4v) is 3.42. The van der Waals surface area contributed by atoms with Crippen LogP contribution in [0, 0.1) is 17.2 Å². The van der Waals surface area contributed by atoms with Crippen LogP contribution in [0.5, 0.6) is 5.75 Å². The van der Waals surface area contributed by atoms with Crippen molar-refractivity contribution in [3.05, 3.63) is 66.0 Å². The molecule has 1 aromatic rings. The standard InChI is InChI=1S/C20H15N3O4/c21-10-14(20(25)26)19(24)17-15-11-27-16-9-5-4-8-13(16)18(15)23(22-17)12-6-2-1-3-7-12/h2-9,11-12,14,18H,1H2,(H,25,26). The number of carbonyl (C=O) groups excluding carboxylic acids is 1. The molecule has 1 aliphatic carbocycles. The van der Waals surface area contributed by atoms with E-state index >= 15 is 0 Å². The highest BCUT2D eigenvalue weighted by molar-refractivity contribution is 6.50. The summed E-state index contributed by atoms with van der Waals surface area (Å²) in [7, 11) is 0. The predicted molar refractivity (Wildman–Crippen MR) is 95.6 cm³/mol. The van der Waals surface area contributed by atoms with Gasteiger partial charge in [-0.15, -0.1) is 0 Å². The Morgan fingerprint density at radius 3 is 2.74 bits per heavy atom. The fourth-order valence-electron chi connectivity index (χ4n) is 3.42. The number of ketones is 1. The van der Waals surface area contributed by atoms with Gasteiger partial charge in [-0.3, -0.25) is 14.6 Å². The maximum Gasteiger partial charge on any atom is 0.329 e. The summed E-state index contributed by atoms with van der Waals surface area (Å²) >= 11 is 0. The number of hydrogen-bond donors (Lipinski definition) is 1. The number of carboxylic acids is 1. The molecule has 0 saturated carbocycles. The second-order valence-corrected chi connectivity index (χ2v) is 6.31. The Bertz CT molecular complexity index is 971. The number of carbonyl (C=O) groups is 2. The first-order valence-corrected chi connectivity index (χ1v) is 8.44. The van der Waals surface area contributed by atoms with E-state index in [2.05, 4.69) is 5.10 Å². The third kappa shape index (κ3) is 2.72. The molecule has 27 heavy (non-hydrogen) atoms. The molecule has 0 spiro atoms. The van der Waals surface area contributed by atoms with Crippen molar-refractivity contribution in [1.82, 2.24) is 5.01 Å². The number of fused-ring (bicyclic) bond motifs is 3. The van der Waals surface area contributed by atoms with Crippen LogP contribution in [-0.2, 0) is 9.59 Å². The van der Waals surface area contributed by atoms with E-state index in [1.807, 2.05) is 48.6 Å². The lowest BCUT2D eigenvalue weighted by atomic mass is 9.89. The van der Waals surface area contributed by atoms with Crippen molar-refractivity contribution in [1.29, 1.82) is 5.26 Å². The molecular weight excluding hydrogens is 346 g/mol. The van der Waals surface area contributed by atoms with Gasteiger partial charge in [-0.2, -0.15) is 10.4 Å². The summed E-state index contributed by atoms with van der Waals surface area (Å²) in [5, 5.41) is 24.5. The van der Waals surface area contributed by atoms with Gasteiger partial charge in [0.25, 0.3) is 0 Å². The number of aliphatic carboxylic acids is 1. The van der Waals surface area contributed by atoms with E-state index in [4.69, 9.17) is 10.00 Å². The number of benzene rings is 1. The fraction of sp³-hybridized carbons (Fsp3) is 0.200. The van der Waals surface area contributed by atoms with E-state index in [0.29, 0.717) is 11.3 Å². The molecule has 1 aromatic carbocycles. The van der Waals surface area contributed by atoms with Gasteiger partial charge in [0.2, 0.25) is 11.7 Å². The highest BCUT2D eigenvalue weighted by Gasteiger charge is 2.45. The summed E-state index contributed by atoms with van der Waals surface area (Å²) in [5.41, 5.74) is 1.25. The molecule has 1 N–H and O–H groups in total. The van der Waals surface area contributed by atoms with Gasteiger partial charge in [0, 0.05) is 11.1 Å². The second kappa shape index (κ2) is 6.57. The minimum absolute atomic E-state index is 0.0455. The molecule has 0 radical (unpaired) electrons. The molecular formula is C20H15N3O4. The first kappa shape index (κ1) is 16.8. The molecule has 4 rings (SSSR count). The molecule has 134 valence electrons. The number of rotatable bonds is 4. The highest BCUT2D eigenvalue weighted by atomic mass is 16.5. The van der Waals surface area contributed by atoms with Crippen LogP contribution in [0.4, 0.5) is 0 Å². The predicted octanol–water partition coefficient (Wildman–Crippen LogP) is 2.35. The monoisotopic (exact) mass is 361 g/mol. The molecule has 0 saturated heterocycles. The number of nitriles is 1. The van der Waals surface area contributed by atoms with Gasteiger partial charge >= 0.3 is 5.97 Å². The van der Waals surface area contributed by atoms with Crippen LogP contribution >= 0.6 is 0 Å². The van der Waals surface area contributed by atoms with Gasteiger partial charge in [-0.05, 0) is 12.5 Å². The van der Waals surface area contributed by atoms with E-state index in [0.717, 1.165) is 12.0 Å². The maximum atomic E-state index is 12.7. The van der Waals surface area contributed by atoms with Gasteiger partial charge in [0.05, 0.1) is 18.4 Å². The number of ether oxygens (including phenoxy) is 1. The van der Waals surface area contributed by atoms with Gasteiger partial charge < -0.3 is 9.84 Å². The molecule has 3 aliphatic rings. The van der Waals surface area contributed by atoms with Crippen molar-refractivity contribution in [2.45, 2.75) is 18.5 Å². The van der Waals surface area contributed by atoms with E-state index < -0.39 is 17.7 Å². The molecule has 2 unspecified atom stereocenters. The summed E-state index contributed by atoms with van der Waals surface area (Å²) in [6.45, 7) is 0. The van der Waals surface area contributed by atoms with E-state index in [1.54, 1.807) is 11.1 Å². The van der Waals surface area contributed by atoms with Crippen LogP contribution < -0.4 is 4.74 Å². The SMILES string of the molecule is N#CC(C(=O)O)C(=O)C1=NN(C2C=CCC=C2)C2C1=COc1ccccc12. The first-order valence-electron chi connectivity index (χ1n) is 8.44. The minimum atomic E-state index is -1.81. The Morgan fingerprint density at radius 2 is 2.04 bits per heavy atom. The average molecular weight is 361 g/mol. The Labute approximate surface area is 155 Å². The van der Waals surface area contributed by atoms with Gasteiger partial charge in [-0.25, -0.2) is 0 Å². The molecule has 2 atom stereocenters. The zero-order valence-electron chi connectivity index (χ0n) is 14.1. The summed E-state index contributed by atoms with van der Waals surface area (Å²) in [5.74, 6) is -3.48. The molecule has 7 heteroatoms. The van der Waals surface area contributed by atoms with Crippen molar-refractivity contribution in [2.75, 3.05) is 0 Å². The van der Waals surface area contributed by atoms with Crippen molar-refractivity contribution in [3.63, 3.8) is 0 Å². The van der Waals surface area contributed by atoms with E-state index in [-0.39, 0.29) is 17.8 Å². The second-order valence-electron chi connectivity index (χ2n) is 6.31. The van der Waals surface area contributed by atoms with Crippen LogP contribution in [0.3, 0.4) is 0 Å². The Kier molecular flexibility index (Phi) is 4.09. The Morgan fingerprint density at radius 1 is 1.30 bits per heavy atom. The summed E-state index contributed by atoms with van der Waals surface area (Å²) < 4.78 is 5.64. The number of carboxylic acid groups (broad SMARTS) is 1. The molecule has 2 aliphatic heterocycles. The molecule has 0 aromatic heterocycles. The third-order valence-corrected chi connectivity index (χ3v) is 4.69. The smallest absolute Gasteiger partial charge is 0.329 e. The Hall–Kier alpha value is -3.66. The molecule has 0 fully saturated rings. The molecule has 0 bridgehead atoms. The van der Waals surface area contributed by atoms with Crippen LogP contribution in [-0.4, -0.2) is 33.6 Å². The van der Waals surface area contributed by atoms with E-state index in [9.17, 15) is 14.7 Å². The lowest BCUT2D eigenvalue weighted by molar-refractivity contribution is -0.142. The van der Waals surface area contributed by atoms with Crippen LogP contribution in [0.1, 0.15) is 18.0 Å². The van der Waals surface area contributed by atoms with Crippen LogP contribution in [0.2, 0.25) is 0 Å². The summed E-state index contributed by atoms with van der Waals surface area (Å²) in [6, 6.07) is 8.39. The minimum Gasteiger partial charge on any atom is -0.480 e. The topological polar surface area (TPSA) is 103 Å². The highest BCUT2D eigenvalue weighted by Crippen LogP contribution is 2.44. The average Bonchev–Trinajstić information content (AvgIpc) is 3.09. The lowest BCUT2D eigenvalue weighted by Crippen LogP contribution is -2.32. The first-order chi connectivity index (χ1) is 13.1. The summed E-state index contributed by atoms with van der Waals surface area (Å²) in [6.07, 6.45) is 10.2. The normalized spacial score (nSPS) is 21.3. The number of allylic oxidation sites excluding steroid dienone is 2. The zero-order chi connectivity index (χ0) is 19.0. The Balaban J connectivity index is 1.80. The third-order valence-electron chi connectivity index (χ3n) is 4.69. The van der Waals surface area contributed by atoms with E-state index in [1.165, 1.54) is 6.26 Å². The summed E-state index contributed by atoms with van der Waals surface area (Å²) in [4.78, 5) is 24.0. The molecule has 0 amide bonds. The largest absolute Gasteiger partial charge is 0.480 e. The number of Topliss-reactive ketones (excluding diaryl/α,β-unsaturated/α-hetero) is 1. The number of para-hydroxylation sites is 1. The molecule has 2 heterocycles. The van der Waals surface area contributed by atoms with Crippen molar-refractivity contribution in [3.8, 4) is 11.8 Å². The number of hydrazone groups is 1. The van der Waals surface area contributed by atoms with Crippen molar-refractivity contribution in [2.24, 2.45) is 11.0 Å². The van der Waals surface area contributed by atoms with Gasteiger partial charge in [-0.1, -0.05) is 42.5 Å². The quantitative estimate of drug-likeness (QED) is 0.652. The van der Waals surface area contributed by atoms with Crippen LogP contribution in [0.15, 0.2) is 65.5 Å². The number of hydrogen-bond acceptors (Lipinski definition) is 6. The van der Waals surface area contributed by atoms with Crippen LogP contribution in [0.25, 0.3) is 0 Å². The molecule has 7 nitrogen and oxygen atoms in total. The van der Waals surface area contributed by atoms with Crippen molar-refractivity contribution < 1.29 is 19.4 Å². The van der Waals surface area contributed by atoms with Gasteiger partial charge in [0.15, 0.2) is 0 Å². The maximum absolute atomic E-state index is 12.7. The van der Waals surface area contributed by atoms with Gasteiger partial charge in [0.1, 0.15) is 17.5 Å². The zero-order valence-corrected chi connectivity index (χ0v) is 14.1.